The van der Waals surface area contributed by atoms with Crippen molar-refractivity contribution >= 4 is 0 Å². The van der Waals surface area contributed by atoms with Gasteiger partial charge in [-0.1, -0.05) is 92.4 Å². The molecule has 0 aromatic carbocycles. The van der Waals surface area contributed by atoms with Crippen LogP contribution in [0.25, 0.3) is 0 Å². The Hall–Kier alpha value is -0.120. The van der Waals surface area contributed by atoms with Gasteiger partial charge in [0.05, 0.1) is 13.2 Å². The van der Waals surface area contributed by atoms with Crippen LogP contribution in [0.1, 0.15) is 98.8 Å². The van der Waals surface area contributed by atoms with Crippen molar-refractivity contribution in [3.63, 3.8) is 0 Å². The first-order valence-corrected chi connectivity index (χ1v) is 11.2. The summed E-state index contributed by atoms with van der Waals surface area (Å²) in [6.45, 7) is 12.5. The molecule has 0 heterocycles. The molecule has 0 fully saturated rings. The van der Waals surface area contributed by atoms with Crippen molar-refractivity contribution in [1.29, 1.82) is 0 Å². The van der Waals surface area contributed by atoms with E-state index in [-0.39, 0.29) is 13.2 Å². The minimum atomic E-state index is -0.732. The predicted molar refractivity (Wildman–Crippen MR) is 112 cm³/mol. The molecule has 0 aliphatic carbocycles. The topological polar surface area (TPSA) is 49.7 Å². The van der Waals surface area contributed by atoms with Crippen LogP contribution in [0, 0.1) is 23.7 Å². The Bertz CT molecular complexity index is 293. The molecule has 0 aliphatic heterocycles. The smallest absolute Gasteiger partial charge is 0.100 e. The number of aliphatic hydroxyl groups excluding tert-OH is 2. The van der Waals surface area contributed by atoms with Gasteiger partial charge in [0.25, 0.3) is 0 Å². The van der Waals surface area contributed by atoms with Crippen molar-refractivity contribution in [2.75, 3.05) is 19.8 Å². The highest BCUT2D eigenvalue weighted by Crippen LogP contribution is 2.22. The second-order valence-corrected chi connectivity index (χ2v) is 9.20. The molecule has 0 bridgehead atoms. The standard InChI is InChI=1S/C23H48O3/c1-19(2)9-6-10-20(3)11-7-12-21(4)13-8-14-22(5)15-16-26-18-23(25)17-24/h19-25H,6-18H2,1-5H3/t20-,21-,22-,23+/m0/s1. The number of hydrogen-bond acceptors (Lipinski definition) is 3. The summed E-state index contributed by atoms with van der Waals surface area (Å²) in [4.78, 5) is 0. The molecule has 0 saturated carbocycles. The second-order valence-electron chi connectivity index (χ2n) is 9.20. The average molecular weight is 373 g/mol. The maximum atomic E-state index is 9.22. The average Bonchev–Trinajstić information content (AvgIpc) is 2.58. The second kappa shape index (κ2) is 17.0. The van der Waals surface area contributed by atoms with Crippen LogP contribution in [0.5, 0.6) is 0 Å². The monoisotopic (exact) mass is 372 g/mol. The third-order valence-corrected chi connectivity index (χ3v) is 5.54. The first kappa shape index (κ1) is 25.9. The van der Waals surface area contributed by atoms with Gasteiger partial charge in [-0.25, -0.2) is 0 Å². The summed E-state index contributed by atoms with van der Waals surface area (Å²) >= 11 is 0. The molecule has 3 heteroatoms. The molecule has 0 aromatic rings. The predicted octanol–water partition coefficient (Wildman–Crippen LogP) is 5.82. The van der Waals surface area contributed by atoms with Gasteiger partial charge < -0.3 is 14.9 Å². The lowest BCUT2D eigenvalue weighted by molar-refractivity contribution is 0.00294. The van der Waals surface area contributed by atoms with E-state index >= 15 is 0 Å². The van der Waals surface area contributed by atoms with Gasteiger partial charge in [-0.3, -0.25) is 0 Å². The van der Waals surface area contributed by atoms with Crippen LogP contribution in [0.2, 0.25) is 0 Å². The van der Waals surface area contributed by atoms with Gasteiger partial charge in [-0.15, -0.1) is 0 Å². The molecule has 0 radical (unpaired) electrons. The van der Waals surface area contributed by atoms with Gasteiger partial charge in [-0.2, -0.15) is 0 Å². The molecule has 2 N–H and O–H groups in total. The molecule has 3 nitrogen and oxygen atoms in total. The summed E-state index contributed by atoms with van der Waals surface area (Å²) in [6.07, 6.45) is 12.6. The van der Waals surface area contributed by atoms with Gasteiger partial charge in [0.1, 0.15) is 6.10 Å². The van der Waals surface area contributed by atoms with Gasteiger partial charge >= 0.3 is 0 Å². The SMILES string of the molecule is CC(C)CCC[C@H](C)CCC[C@H](C)CCC[C@H](C)CCOC[C@H](O)CO. The lowest BCUT2D eigenvalue weighted by Crippen LogP contribution is -2.20. The van der Waals surface area contributed by atoms with Crippen LogP contribution in [0.3, 0.4) is 0 Å². The van der Waals surface area contributed by atoms with Crippen LogP contribution in [0.4, 0.5) is 0 Å². The molecule has 4 atom stereocenters. The van der Waals surface area contributed by atoms with E-state index in [0.29, 0.717) is 12.5 Å². The lowest BCUT2D eigenvalue weighted by Gasteiger charge is -2.16. The zero-order chi connectivity index (χ0) is 19.8. The highest BCUT2D eigenvalue weighted by molar-refractivity contribution is 4.61. The summed E-state index contributed by atoms with van der Waals surface area (Å²) in [7, 11) is 0. The molecular weight excluding hydrogens is 324 g/mol. The largest absolute Gasteiger partial charge is 0.394 e. The van der Waals surface area contributed by atoms with E-state index < -0.39 is 6.10 Å². The fourth-order valence-corrected chi connectivity index (χ4v) is 3.49. The third-order valence-electron chi connectivity index (χ3n) is 5.54. The van der Waals surface area contributed by atoms with E-state index in [1.807, 2.05) is 0 Å². The number of hydrogen-bond donors (Lipinski definition) is 2. The maximum absolute atomic E-state index is 9.22. The molecular formula is C23H48O3. The molecule has 0 amide bonds. The first-order valence-electron chi connectivity index (χ1n) is 11.2. The van der Waals surface area contributed by atoms with Crippen LogP contribution < -0.4 is 0 Å². The summed E-state index contributed by atoms with van der Waals surface area (Å²) < 4.78 is 5.39. The van der Waals surface area contributed by atoms with Crippen LogP contribution in [-0.2, 0) is 4.74 Å². The van der Waals surface area contributed by atoms with Crippen molar-refractivity contribution < 1.29 is 14.9 Å². The zero-order valence-corrected chi connectivity index (χ0v) is 18.4. The number of ether oxygens (including phenoxy) is 1. The van der Waals surface area contributed by atoms with Gasteiger partial charge in [0.15, 0.2) is 0 Å². The quantitative estimate of drug-likeness (QED) is 0.298. The fraction of sp³-hybridized carbons (Fsp3) is 1.00. The van der Waals surface area contributed by atoms with Gasteiger partial charge in [0.2, 0.25) is 0 Å². The van der Waals surface area contributed by atoms with Crippen LogP contribution in [0.15, 0.2) is 0 Å². The highest BCUT2D eigenvalue weighted by Gasteiger charge is 2.08. The van der Waals surface area contributed by atoms with Crippen molar-refractivity contribution in [2.45, 2.75) is 105 Å². The first-order chi connectivity index (χ1) is 12.3. The molecule has 0 unspecified atom stereocenters. The van der Waals surface area contributed by atoms with Crippen molar-refractivity contribution in [2.24, 2.45) is 23.7 Å². The Labute approximate surface area is 163 Å². The summed E-state index contributed by atoms with van der Waals surface area (Å²) in [5.41, 5.74) is 0. The van der Waals surface area contributed by atoms with Crippen LogP contribution >= 0.6 is 0 Å². The van der Waals surface area contributed by atoms with Gasteiger partial charge in [0, 0.05) is 6.61 Å². The Morgan fingerprint density at radius 2 is 1.08 bits per heavy atom. The summed E-state index contributed by atoms with van der Waals surface area (Å²) in [5.74, 6) is 3.27. The zero-order valence-electron chi connectivity index (χ0n) is 18.4. The number of aliphatic hydroxyl groups is 2. The number of rotatable bonds is 18. The molecule has 0 spiro atoms. The molecule has 158 valence electrons. The Balaban J connectivity index is 3.51. The maximum Gasteiger partial charge on any atom is 0.100 e. The lowest BCUT2D eigenvalue weighted by atomic mass is 9.91. The fourth-order valence-electron chi connectivity index (χ4n) is 3.49. The summed E-state index contributed by atoms with van der Waals surface area (Å²) in [5, 5.41) is 18.0. The Morgan fingerprint density at radius 3 is 1.50 bits per heavy atom. The van der Waals surface area contributed by atoms with E-state index in [0.717, 1.165) is 24.2 Å². The van der Waals surface area contributed by atoms with Crippen LogP contribution in [-0.4, -0.2) is 36.1 Å². The molecule has 26 heavy (non-hydrogen) atoms. The molecule has 0 saturated heterocycles. The van der Waals surface area contributed by atoms with Crippen molar-refractivity contribution in [3.8, 4) is 0 Å². The van der Waals surface area contributed by atoms with Crippen molar-refractivity contribution in [3.05, 3.63) is 0 Å². The molecule has 0 aromatic heterocycles. The Morgan fingerprint density at radius 1 is 0.654 bits per heavy atom. The van der Waals surface area contributed by atoms with E-state index in [1.54, 1.807) is 0 Å². The van der Waals surface area contributed by atoms with Crippen molar-refractivity contribution in [1.82, 2.24) is 0 Å². The molecule has 0 rings (SSSR count). The summed E-state index contributed by atoms with van der Waals surface area (Å²) in [6, 6.07) is 0. The van der Waals surface area contributed by atoms with E-state index in [4.69, 9.17) is 9.84 Å². The normalized spacial score (nSPS) is 16.6. The highest BCUT2D eigenvalue weighted by atomic mass is 16.5. The molecule has 0 aliphatic rings. The third kappa shape index (κ3) is 17.3. The Kier molecular flexibility index (Phi) is 16.9. The van der Waals surface area contributed by atoms with E-state index in [2.05, 4.69) is 34.6 Å². The minimum absolute atomic E-state index is 0.218. The van der Waals surface area contributed by atoms with E-state index in [9.17, 15) is 5.11 Å². The minimum Gasteiger partial charge on any atom is -0.394 e. The van der Waals surface area contributed by atoms with Gasteiger partial charge in [-0.05, 0) is 30.1 Å². The van der Waals surface area contributed by atoms with E-state index in [1.165, 1.54) is 57.8 Å².